The third-order valence-electron chi connectivity index (χ3n) is 3.59. The van der Waals surface area contributed by atoms with Crippen LogP contribution in [0.25, 0.3) is 11.3 Å². The lowest BCUT2D eigenvalue weighted by Crippen LogP contribution is -2.25. The van der Waals surface area contributed by atoms with Crippen molar-refractivity contribution < 1.29 is 13.9 Å². The van der Waals surface area contributed by atoms with Gasteiger partial charge in [-0.2, -0.15) is 0 Å². The Morgan fingerprint density at radius 3 is 2.41 bits per heavy atom. The predicted octanol–water partition coefficient (Wildman–Crippen LogP) is 4.13. The summed E-state index contributed by atoms with van der Waals surface area (Å²) >= 11 is 0. The van der Waals surface area contributed by atoms with Gasteiger partial charge >= 0.3 is 0 Å². The molecule has 0 radical (unpaired) electrons. The summed E-state index contributed by atoms with van der Waals surface area (Å²) in [4.78, 5) is 4.41. The number of ether oxygens (including phenoxy) is 2. The highest BCUT2D eigenvalue weighted by atomic mass is 19.1. The molecule has 114 valence electrons. The van der Waals surface area contributed by atoms with Gasteiger partial charge < -0.3 is 9.47 Å². The van der Waals surface area contributed by atoms with Crippen molar-refractivity contribution in [1.82, 2.24) is 4.98 Å². The molecule has 0 spiro atoms. The van der Waals surface area contributed by atoms with E-state index in [1.165, 1.54) is 12.1 Å². The van der Waals surface area contributed by atoms with Crippen molar-refractivity contribution in [2.24, 2.45) is 5.92 Å². The van der Waals surface area contributed by atoms with Gasteiger partial charge in [0.1, 0.15) is 5.82 Å². The Kier molecular flexibility index (Phi) is 4.61. The van der Waals surface area contributed by atoms with Crippen molar-refractivity contribution in [3.05, 3.63) is 66.1 Å². The summed E-state index contributed by atoms with van der Waals surface area (Å²) in [5.41, 5.74) is 2.57. The second-order valence-corrected chi connectivity index (χ2v) is 5.27. The molecule has 0 amide bonds. The van der Waals surface area contributed by atoms with Crippen molar-refractivity contribution in [2.75, 3.05) is 13.2 Å². The van der Waals surface area contributed by atoms with Crippen molar-refractivity contribution in [3.8, 4) is 11.3 Å². The van der Waals surface area contributed by atoms with Gasteiger partial charge in [-0.05, 0) is 37.3 Å². The number of rotatable bonds is 3. The number of halogens is 1. The van der Waals surface area contributed by atoms with Crippen molar-refractivity contribution >= 4 is 0 Å². The van der Waals surface area contributed by atoms with E-state index in [4.69, 9.17) is 9.47 Å². The second-order valence-electron chi connectivity index (χ2n) is 5.27. The highest BCUT2D eigenvalue weighted by Crippen LogP contribution is 2.26. The zero-order valence-corrected chi connectivity index (χ0v) is 12.4. The highest BCUT2D eigenvalue weighted by molar-refractivity contribution is 5.58. The monoisotopic (exact) mass is 299 g/mol. The van der Waals surface area contributed by atoms with E-state index >= 15 is 0 Å². The molecule has 2 aromatic rings. The Bertz CT molecular complexity index is 629. The minimum atomic E-state index is -0.365. The van der Waals surface area contributed by atoms with Gasteiger partial charge in [-0.1, -0.05) is 18.2 Å². The normalized spacial score (nSPS) is 22.1. The first-order valence-electron chi connectivity index (χ1n) is 7.34. The summed E-state index contributed by atoms with van der Waals surface area (Å²) in [6.45, 7) is 3.29. The average Bonchev–Trinajstić information content (AvgIpc) is 2.57. The van der Waals surface area contributed by atoms with Gasteiger partial charge in [0.15, 0.2) is 6.29 Å². The lowest BCUT2D eigenvalue weighted by atomic mass is 10.1. The Morgan fingerprint density at radius 2 is 1.82 bits per heavy atom. The molecular formula is C18H18FNO2. The smallest absolute Gasteiger partial charge is 0.185 e. The van der Waals surface area contributed by atoms with Gasteiger partial charge in [-0.15, -0.1) is 0 Å². The molecule has 2 heterocycles. The zero-order valence-electron chi connectivity index (χ0n) is 12.4. The lowest BCUT2D eigenvalue weighted by molar-refractivity contribution is -0.197. The number of nitrogens with zero attached hydrogens (tertiary/aromatic N) is 1. The molecule has 1 aliphatic heterocycles. The molecule has 3 rings (SSSR count). The van der Waals surface area contributed by atoms with E-state index in [0.29, 0.717) is 19.1 Å². The van der Waals surface area contributed by atoms with Gasteiger partial charge in [-0.25, -0.2) is 4.39 Å². The largest absolute Gasteiger partial charge is 0.348 e. The van der Waals surface area contributed by atoms with Crippen LogP contribution in [0.3, 0.4) is 0 Å². The SMILES string of the molecule is CC=C[C@H]1CO[C@H](c2ccc(-c3ccc(F)cc3)nc2)OC1. The van der Waals surface area contributed by atoms with Crippen LogP contribution in [0.5, 0.6) is 0 Å². The second kappa shape index (κ2) is 6.81. The summed E-state index contributed by atoms with van der Waals surface area (Å²) in [6, 6.07) is 10.1. The lowest BCUT2D eigenvalue weighted by Gasteiger charge is -2.28. The fourth-order valence-electron chi connectivity index (χ4n) is 2.43. The highest BCUT2D eigenvalue weighted by Gasteiger charge is 2.22. The summed E-state index contributed by atoms with van der Waals surface area (Å²) in [5, 5.41) is 0. The fraction of sp³-hybridized carbons (Fsp3) is 0.278. The quantitative estimate of drug-likeness (QED) is 0.799. The van der Waals surface area contributed by atoms with Crippen LogP contribution in [0, 0.1) is 11.7 Å². The van der Waals surface area contributed by atoms with Crippen molar-refractivity contribution in [1.29, 1.82) is 0 Å². The number of allylic oxidation sites excluding steroid dienone is 1. The summed E-state index contributed by atoms with van der Waals surface area (Å²) < 4.78 is 24.4. The molecule has 1 fully saturated rings. The Balaban J connectivity index is 1.68. The van der Waals surface area contributed by atoms with E-state index < -0.39 is 0 Å². The van der Waals surface area contributed by atoms with Crippen LogP contribution < -0.4 is 0 Å². The van der Waals surface area contributed by atoms with Crippen LogP contribution in [0.2, 0.25) is 0 Å². The van der Waals surface area contributed by atoms with Crippen LogP contribution in [-0.4, -0.2) is 18.2 Å². The topological polar surface area (TPSA) is 31.4 Å². The van der Waals surface area contributed by atoms with Crippen LogP contribution in [0.15, 0.2) is 54.7 Å². The van der Waals surface area contributed by atoms with E-state index in [-0.39, 0.29) is 12.1 Å². The molecule has 0 saturated carbocycles. The van der Waals surface area contributed by atoms with Gasteiger partial charge in [-0.3, -0.25) is 4.98 Å². The summed E-state index contributed by atoms with van der Waals surface area (Å²) in [6.07, 6.45) is 5.48. The number of aromatic nitrogens is 1. The Labute approximate surface area is 129 Å². The van der Waals surface area contributed by atoms with Gasteiger partial charge in [0.2, 0.25) is 0 Å². The van der Waals surface area contributed by atoms with Crippen LogP contribution in [0.1, 0.15) is 18.8 Å². The molecule has 3 nitrogen and oxygen atoms in total. The van der Waals surface area contributed by atoms with E-state index in [0.717, 1.165) is 16.8 Å². The third-order valence-corrected chi connectivity index (χ3v) is 3.59. The molecule has 0 unspecified atom stereocenters. The predicted molar refractivity (Wildman–Crippen MR) is 82.6 cm³/mol. The van der Waals surface area contributed by atoms with E-state index in [1.54, 1.807) is 18.3 Å². The molecular weight excluding hydrogens is 281 g/mol. The molecule has 1 aliphatic rings. The minimum Gasteiger partial charge on any atom is -0.348 e. The molecule has 0 N–H and O–H groups in total. The van der Waals surface area contributed by atoms with Crippen LogP contribution >= 0.6 is 0 Å². The fourth-order valence-corrected chi connectivity index (χ4v) is 2.43. The first-order valence-corrected chi connectivity index (χ1v) is 7.34. The summed E-state index contributed by atoms with van der Waals surface area (Å²) in [5.74, 6) is 0.0627. The van der Waals surface area contributed by atoms with Crippen molar-refractivity contribution in [2.45, 2.75) is 13.2 Å². The van der Waals surface area contributed by atoms with E-state index in [1.807, 2.05) is 25.1 Å². The van der Waals surface area contributed by atoms with Crippen LogP contribution in [0.4, 0.5) is 4.39 Å². The zero-order chi connectivity index (χ0) is 15.4. The average molecular weight is 299 g/mol. The number of pyridine rings is 1. The van der Waals surface area contributed by atoms with Gasteiger partial charge in [0.05, 0.1) is 18.9 Å². The number of hydrogen-bond donors (Lipinski definition) is 0. The number of benzene rings is 1. The first-order chi connectivity index (χ1) is 10.8. The van der Waals surface area contributed by atoms with E-state index in [2.05, 4.69) is 11.1 Å². The molecule has 1 aromatic heterocycles. The first kappa shape index (κ1) is 14.9. The van der Waals surface area contributed by atoms with Crippen molar-refractivity contribution in [3.63, 3.8) is 0 Å². The standard InChI is InChI=1S/C18H18FNO2/c1-2-3-13-11-21-18(22-12-13)15-6-9-17(20-10-15)14-4-7-16(19)8-5-14/h2-10,13,18H,11-12H2,1H3/t13-,18-. The van der Waals surface area contributed by atoms with Gasteiger partial charge in [0, 0.05) is 23.2 Å². The summed E-state index contributed by atoms with van der Waals surface area (Å²) in [7, 11) is 0. The van der Waals surface area contributed by atoms with Crippen LogP contribution in [-0.2, 0) is 9.47 Å². The van der Waals surface area contributed by atoms with E-state index in [9.17, 15) is 4.39 Å². The maximum Gasteiger partial charge on any atom is 0.185 e. The molecule has 0 bridgehead atoms. The maximum atomic E-state index is 12.9. The Hall–Kier alpha value is -2.04. The minimum absolute atomic E-state index is 0.250. The maximum absolute atomic E-state index is 12.9. The van der Waals surface area contributed by atoms with Gasteiger partial charge in [0.25, 0.3) is 0 Å². The Morgan fingerprint density at radius 1 is 1.09 bits per heavy atom. The molecule has 0 atom stereocenters. The molecule has 22 heavy (non-hydrogen) atoms. The molecule has 1 saturated heterocycles. The molecule has 1 aromatic carbocycles. The number of hydrogen-bond acceptors (Lipinski definition) is 3. The molecule has 4 heteroatoms. The molecule has 0 aliphatic carbocycles. The third kappa shape index (κ3) is 3.40.